The van der Waals surface area contributed by atoms with Crippen LogP contribution in [0, 0.1) is 5.92 Å². The van der Waals surface area contributed by atoms with Gasteiger partial charge < -0.3 is 5.32 Å². The Morgan fingerprint density at radius 3 is 2.59 bits per heavy atom. The van der Waals surface area contributed by atoms with Crippen LogP contribution in [-0.4, -0.2) is 36.6 Å². The summed E-state index contributed by atoms with van der Waals surface area (Å²) < 4.78 is 0. The molecule has 2 rings (SSSR count). The lowest BCUT2D eigenvalue weighted by Crippen LogP contribution is -2.45. The summed E-state index contributed by atoms with van der Waals surface area (Å²) in [5.74, 6) is 0.952. The number of rotatable bonds is 3. The quantitative estimate of drug-likeness (QED) is 0.813. The van der Waals surface area contributed by atoms with Gasteiger partial charge in [0.25, 0.3) is 0 Å². The molecule has 1 saturated carbocycles. The Morgan fingerprint density at radius 1 is 1.12 bits per heavy atom. The number of nitrogens with zero attached hydrogens (tertiary/aromatic N) is 1. The molecule has 0 amide bonds. The third-order valence-corrected chi connectivity index (χ3v) is 4.75. The van der Waals surface area contributed by atoms with Gasteiger partial charge >= 0.3 is 0 Å². The van der Waals surface area contributed by atoms with E-state index in [0.29, 0.717) is 0 Å². The third-order valence-electron chi connectivity index (χ3n) is 4.75. The zero-order chi connectivity index (χ0) is 12.1. The summed E-state index contributed by atoms with van der Waals surface area (Å²) in [6.45, 7) is 8.51. The third kappa shape index (κ3) is 3.69. The van der Waals surface area contributed by atoms with E-state index in [9.17, 15) is 0 Å². The topological polar surface area (TPSA) is 15.3 Å². The Morgan fingerprint density at radius 2 is 1.88 bits per heavy atom. The molecule has 1 saturated heterocycles. The van der Waals surface area contributed by atoms with Gasteiger partial charge in [0.2, 0.25) is 0 Å². The predicted molar refractivity (Wildman–Crippen MR) is 74.3 cm³/mol. The van der Waals surface area contributed by atoms with Gasteiger partial charge in [-0.1, -0.05) is 26.2 Å². The maximum atomic E-state index is 3.83. The Labute approximate surface area is 107 Å². The van der Waals surface area contributed by atoms with Gasteiger partial charge in [-0.3, -0.25) is 4.90 Å². The van der Waals surface area contributed by atoms with E-state index in [-0.39, 0.29) is 0 Å². The summed E-state index contributed by atoms with van der Waals surface area (Å²) >= 11 is 0. The van der Waals surface area contributed by atoms with Crippen LogP contribution in [0.5, 0.6) is 0 Å². The minimum absolute atomic E-state index is 0.770. The van der Waals surface area contributed by atoms with Crippen LogP contribution in [0.25, 0.3) is 0 Å². The average molecular weight is 238 g/mol. The van der Waals surface area contributed by atoms with E-state index in [2.05, 4.69) is 24.1 Å². The molecule has 2 aliphatic rings. The summed E-state index contributed by atoms with van der Waals surface area (Å²) in [5.41, 5.74) is 0. The first-order chi connectivity index (χ1) is 8.31. The van der Waals surface area contributed by atoms with Crippen molar-refractivity contribution in [1.29, 1.82) is 0 Å². The molecule has 1 aliphatic heterocycles. The van der Waals surface area contributed by atoms with Crippen molar-refractivity contribution in [3.05, 3.63) is 0 Å². The molecule has 2 heteroatoms. The van der Waals surface area contributed by atoms with Gasteiger partial charge in [-0.25, -0.2) is 0 Å². The lowest BCUT2D eigenvalue weighted by molar-refractivity contribution is 0.172. The van der Waals surface area contributed by atoms with E-state index in [1.807, 2.05) is 0 Å². The second kappa shape index (κ2) is 6.75. The van der Waals surface area contributed by atoms with Crippen molar-refractivity contribution in [3.63, 3.8) is 0 Å². The van der Waals surface area contributed by atoms with Crippen LogP contribution < -0.4 is 5.32 Å². The van der Waals surface area contributed by atoms with Crippen LogP contribution in [-0.2, 0) is 0 Å². The minimum atomic E-state index is 0.770. The zero-order valence-electron chi connectivity index (χ0n) is 11.8. The monoisotopic (exact) mass is 238 g/mol. The first kappa shape index (κ1) is 13.4. The smallest absolute Gasteiger partial charge is 0.0223 e. The second-order valence-corrected chi connectivity index (χ2v) is 6.09. The molecule has 0 aromatic heterocycles. The fourth-order valence-corrected chi connectivity index (χ4v) is 3.61. The van der Waals surface area contributed by atoms with E-state index in [1.54, 1.807) is 0 Å². The van der Waals surface area contributed by atoms with Gasteiger partial charge in [0.05, 0.1) is 0 Å². The van der Waals surface area contributed by atoms with Crippen LogP contribution in [0.2, 0.25) is 0 Å². The summed E-state index contributed by atoms with van der Waals surface area (Å²) in [6, 6.07) is 1.54. The van der Waals surface area contributed by atoms with Crippen LogP contribution in [0.15, 0.2) is 0 Å². The van der Waals surface area contributed by atoms with Crippen molar-refractivity contribution in [2.24, 2.45) is 5.92 Å². The van der Waals surface area contributed by atoms with Crippen LogP contribution in [0.1, 0.15) is 58.8 Å². The van der Waals surface area contributed by atoms with Gasteiger partial charge in [0.1, 0.15) is 0 Å². The fourth-order valence-electron chi connectivity index (χ4n) is 3.61. The molecular formula is C15H30N2. The Hall–Kier alpha value is -0.0800. The highest BCUT2D eigenvalue weighted by molar-refractivity contribution is 4.86. The minimum Gasteiger partial charge on any atom is -0.312 e. The Kier molecular flexibility index (Phi) is 5.30. The Balaban J connectivity index is 1.92. The SMILES string of the molecule is CCCN1CC(C2CCCCC2)NCCC1C. The number of nitrogens with one attached hydrogen (secondary N) is 1. The standard InChI is InChI=1S/C15H30N2/c1-3-11-17-12-15(16-10-9-13(17)2)14-7-5-4-6-8-14/h13-16H,3-12H2,1-2H3. The molecule has 0 radical (unpaired) electrons. The lowest BCUT2D eigenvalue weighted by Gasteiger charge is -2.34. The van der Waals surface area contributed by atoms with Crippen molar-refractivity contribution in [3.8, 4) is 0 Å². The van der Waals surface area contributed by atoms with Crippen molar-refractivity contribution in [2.75, 3.05) is 19.6 Å². The molecule has 0 aromatic carbocycles. The highest BCUT2D eigenvalue weighted by atomic mass is 15.2. The van der Waals surface area contributed by atoms with E-state index >= 15 is 0 Å². The molecule has 0 spiro atoms. The molecule has 2 unspecified atom stereocenters. The number of hydrogen-bond acceptors (Lipinski definition) is 2. The molecule has 0 bridgehead atoms. The first-order valence-corrected chi connectivity index (χ1v) is 7.78. The van der Waals surface area contributed by atoms with Crippen molar-refractivity contribution in [2.45, 2.75) is 70.9 Å². The van der Waals surface area contributed by atoms with Crippen LogP contribution in [0.3, 0.4) is 0 Å². The second-order valence-electron chi connectivity index (χ2n) is 6.09. The maximum Gasteiger partial charge on any atom is 0.0223 e. The van der Waals surface area contributed by atoms with Gasteiger partial charge in [0.15, 0.2) is 0 Å². The molecule has 2 nitrogen and oxygen atoms in total. The summed E-state index contributed by atoms with van der Waals surface area (Å²) in [5, 5.41) is 3.83. The molecule has 100 valence electrons. The molecular weight excluding hydrogens is 208 g/mol. The molecule has 2 fully saturated rings. The first-order valence-electron chi connectivity index (χ1n) is 7.78. The van der Waals surface area contributed by atoms with Gasteiger partial charge in [-0.05, 0) is 51.6 Å². The summed E-state index contributed by atoms with van der Waals surface area (Å²) in [6.07, 6.45) is 9.94. The average Bonchev–Trinajstić information content (AvgIpc) is 2.54. The van der Waals surface area contributed by atoms with E-state index in [0.717, 1.165) is 18.0 Å². The molecule has 17 heavy (non-hydrogen) atoms. The molecule has 0 aromatic rings. The molecule has 1 aliphatic carbocycles. The highest BCUT2D eigenvalue weighted by Gasteiger charge is 2.28. The molecule has 2 atom stereocenters. The summed E-state index contributed by atoms with van der Waals surface area (Å²) in [4.78, 5) is 2.72. The molecule has 1 N–H and O–H groups in total. The van der Waals surface area contributed by atoms with Crippen molar-refractivity contribution >= 4 is 0 Å². The summed E-state index contributed by atoms with van der Waals surface area (Å²) in [7, 11) is 0. The van der Waals surface area contributed by atoms with E-state index in [4.69, 9.17) is 0 Å². The van der Waals surface area contributed by atoms with Gasteiger partial charge in [0, 0.05) is 18.6 Å². The molecule has 1 heterocycles. The normalized spacial score (nSPS) is 33.5. The fraction of sp³-hybridized carbons (Fsp3) is 1.00. The maximum absolute atomic E-state index is 3.83. The van der Waals surface area contributed by atoms with E-state index < -0.39 is 0 Å². The lowest BCUT2D eigenvalue weighted by atomic mass is 9.83. The van der Waals surface area contributed by atoms with Crippen molar-refractivity contribution in [1.82, 2.24) is 10.2 Å². The van der Waals surface area contributed by atoms with E-state index in [1.165, 1.54) is 64.6 Å². The highest BCUT2D eigenvalue weighted by Crippen LogP contribution is 2.28. The van der Waals surface area contributed by atoms with Crippen molar-refractivity contribution < 1.29 is 0 Å². The largest absolute Gasteiger partial charge is 0.312 e. The predicted octanol–water partition coefficient (Wildman–Crippen LogP) is 3.03. The zero-order valence-corrected chi connectivity index (χ0v) is 11.8. The van der Waals surface area contributed by atoms with Gasteiger partial charge in [-0.15, -0.1) is 0 Å². The van der Waals surface area contributed by atoms with Crippen LogP contribution in [0.4, 0.5) is 0 Å². The van der Waals surface area contributed by atoms with Crippen LogP contribution >= 0.6 is 0 Å². The Bertz CT molecular complexity index is 211. The number of hydrogen-bond donors (Lipinski definition) is 1. The van der Waals surface area contributed by atoms with Gasteiger partial charge in [-0.2, -0.15) is 0 Å².